The predicted molar refractivity (Wildman–Crippen MR) is 134 cm³/mol. The number of rotatable bonds is 2. The molecule has 0 amide bonds. The largest absolute Gasteiger partial charge is 0.383 e. The summed E-state index contributed by atoms with van der Waals surface area (Å²) in [5.74, 6) is 38.6. The van der Waals surface area contributed by atoms with E-state index in [1.54, 1.807) is 6.92 Å². The van der Waals surface area contributed by atoms with Crippen molar-refractivity contribution in [2.45, 2.75) is 6.92 Å². The molecule has 9 heteroatoms. The average molecular weight is 477 g/mol. The highest BCUT2D eigenvalue weighted by Crippen LogP contribution is 1.69. The van der Waals surface area contributed by atoms with E-state index in [1.807, 2.05) is 17.9 Å². The second-order valence-electron chi connectivity index (χ2n) is 5.02. The van der Waals surface area contributed by atoms with E-state index in [0.717, 1.165) is 0 Å². The fraction of sp³-hybridized carbons (Fsp3) is 0.0357. The van der Waals surface area contributed by atoms with Crippen LogP contribution in [0.1, 0.15) is 6.92 Å². The van der Waals surface area contributed by atoms with Gasteiger partial charge in [0.2, 0.25) is 0 Å². The third-order valence-electron chi connectivity index (χ3n) is 2.84. The summed E-state index contributed by atoms with van der Waals surface area (Å²) in [6.07, 6.45) is 11.9. The normalized spacial score (nSPS) is 6.24. The van der Waals surface area contributed by atoms with Crippen molar-refractivity contribution >= 4 is 0 Å². The Balaban J connectivity index is 3.47. The summed E-state index contributed by atoms with van der Waals surface area (Å²) in [6, 6.07) is 9.07. The standard InChI is InChI=1S/C28H7N5O4/c1-4-7-10-12-14-18-23-31-26(34)32(24-19-15-13-11-8-5-2)28(36)33(27(31)35)37-25-20-17-22-30-29-21-16-9-6-3/h1-2,29-30H,3H3. The van der Waals surface area contributed by atoms with E-state index in [2.05, 4.69) is 124 Å². The van der Waals surface area contributed by atoms with Crippen LogP contribution in [0.2, 0.25) is 0 Å². The van der Waals surface area contributed by atoms with Crippen LogP contribution in [0.3, 0.4) is 0 Å². The van der Waals surface area contributed by atoms with Gasteiger partial charge in [0.05, 0.1) is 0 Å². The van der Waals surface area contributed by atoms with Crippen molar-refractivity contribution in [2.24, 2.45) is 0 Å². The zero-order chi connectivity index (χ0) is 27.1. The Morgan fingerprint density at radius 3 is 1.54 bits per heavy atom. The minimum Gasteiger partial charge on any atom is -0.311 e. The molecule has 0 aliphatic carbocycles. The van der Waals surface area contributed by atoms with Gasteiger partial charge in [-0.05, 0) is 48.4 Å². The van der Waals surface area contributed by atoms with Gasteiger partial charge in [0.15, 0.2) is 6.11 Å². The average Bonchev–Trinajstić information content (AvgIpc) is 2.89. The number of terminal acetylenes is 2. The molecule has 0 saturated carbocycles. The zero-order valence-electron chi connectivity index (χ0n) is 18.6. The van der Waals surface area contributed by atoms with Gasteiger partial charge in [-0.25, -0.2) is 14.4 Å². The van der Waals surface area contributed by atoms with Gasteiger partial charge in [-0.3, -0.25) is 10.9 Å². The number of nitrogens with one attached hydrogen (secondary N) is 2. The van der Waals surface area contributed by atoms with Crippen LogP contribution in [0.25, 0.3) is 0 Å². The first kappa shape index (κ1) is 27.6. The van der Waals surface area contributed by atoms with Crippen LogP contribution in [0, 0.1) is 144 Å². The topological polar surface area (TPSA) is 99.3 Å². The van der Waals surface area contributed by atoms with E-state index in [0.29, 0.717) is 9.13 Å². The van der Waals surface area contributed by atoms with Gasteiger partial charge in [0.25, 0.3) is 0 Å². The summed E-state index contributed by atoms with van der Waals surface area (Å²) < 4.78 is 0.737. The molecule has 0 atom stereocenters. The van der Waals surface area contributed by atoms with Crippen LogP contribution in [-0.2, 0) is 0 Å². The molecule has 1 rings (SSSR count). The van der Waals surface area contributed by atoms with Crippen LogP contribution in [0.4, 0.5) is 0 Å². The number of hydrazine groups is 1. The van der Waals surface area contributed by atoms with Gasteiger partial charge in [-0.15, -0.1) is 12.8 Å². The van der Waals surface area contributed by atoms with Gasteiger partial charge in [-0.1, -0.05) is 10.7 Å². The first-order valence-electron chi connectivity index (χ1n) is 9.12. The van der Waals surface area contributed by atoms with Gasteiger partial charge >= 0.3 is 17.1 Å². The second-order valence-corrected chi connectivity index (χ2v) is 5.02. The fourth-order valence-corrected chi connectivity index (χ4v) is 1.57. The van der Waals surface area contributed by atoms with Gasteiger partial charge in [0, 0.05) is 77.5 Å². The Bertz CT molecular complexity index is 1910. The van der Waals surface area contributed by atoms with E-state index in [-0.39, 0.29) is 4.73 Å². The lowest BCUT2D eigenvalue weighted by Gasteiger charge is -2.03. The molecular weight excluding hydrogens is 470 g/mol. The summed E-state index contributed by atoms with van der Waals surface area (Å²) in [4.78, 5) is 42.6. The van der Waals surface area contributed by atoms with Crippen molar-refractivity contribution in [1.82, 2.24) is 24.7 Å². The SMILES string of the molecule is C#CC#CC#CC#Cn1c(=O)n(C#CC#CC#CC#C)c(=O)n(OC#CC#CNNC#CC#CC)c1=O. The molecule has 0 bridgehead atoms. The Morgan fingerprint density at radius 2 is 1.05 bits per heavy atom. The highest BCUT2D eigenvalue weighted by Gasteiger charge is 2.14. The fourth-order valence-electron chi connectivity index (χ4n) is 1.57. The minimum atomic E-state index is -1.29. The summed E-state index contributed by atoms with van der Waals surface area (Å²) in [7, 11) is 0. The molecule has 0 saturated heterocycles. The Morgan fingerprint density at radius 1 is 0.595 bits per heavy atom. The Hall–Kier alpha value is -7.47. The molecule has 1 heterocycles. The van der Waals surface area contributed by atoms with Crippen LogP contribution >= 0.6 is 0 Å². The Labute approximate surface area is 211 Å². The molecule has 0 aliphatic heterocycles. The van der Waals surface area contributed by atoms with Crippen molar-refractivity contribution in [1.29, 1.82) is 0 Å². The molecule has 0 aliphatic rings. The molecule has 2 N–H and O–H groups in total. The third-order valence-corrected chi connectivity index (χ3v) is 2.84. The van der Waals surface area contributed by atoms with Crippen molar-refractivity contribution in [3.05, 3.63) is 31.5 Å². The minimum absolute atomic E-state index is 0.122. The van der Waals surface area contributed by atoms with E-state index in [4.69, 9.17) is 17.7 Å². The third kappa shape index (κ3) is 10.1. The monoisotopic (exact) mass is 477 g/mol. The van der Waals surface area contributed by atoms with E-state index < -0.39 is 17.1 Å². The van der Waals surface area contributed by atoms with Crippen LogP contribution in [-0.4, -0.2) is 13.9 Å². The molecule has 9 nitrogen and oxygen atoms in total. The molecule has 1 aromatic rings. The summed E-state index contributed by atoms with van der Waals surface area (Å²) in [6.45, 7) is 1.63. The molecule has 1 aromatic heterocycles. The van der Waals surface area contributed by atoms with Gasteiger partial charge in [-0.2, -0.15) is 9.13 Å². The number of aromatic nitrogens is 3. The number of hydrogen-bond acceptors (Lipinski definition) is 6. The quantitative estimate of drug-likeness (QED) is 0.199. The number of hydrogen-bond donors (Lipinski definition) is 2. The number of nitrogens with zero attached hydrogens (tertiary/aromatic N) is 3. The summed E-state index contributed by atoms with van der Waals surface area (Å²) >= 11 is 0. The molecule has 0 fully saturated rings. The maximum atomic E-state index is 12.6. The molecule has 168 valence electrons. The predicted octanol–water partition coefficient (Wildman–Crippen LogP) is -3.50. The lowest BCUT2D eigenvalue weighted by molar-refractivity contribution is 0.196. The molecule has 37 heavy (non-hydrogen) atoms. The van der Waals surface area contributed by atoms with E-state index in [9.17, 15) is 14.4 Å². The van der Waals surface area contributed by atoms with Crippen LogP contribution in [0.5, 0.6) is 0 Å². The lowest BCUT2D eigenvalue weighted by atomic mass is 10.5. The second kappa shape index (κ2) is 17.1. The lowest BCUT2D eigenvalue weighted by Crippen LogP contribution is -2.54. The molecule has 0 aromatic carbocycles. The molecular formula is C28H7N5O4. The maximum absolute atomic E-state index is 12.6. The van der Waals surface area contributed by atoms with Crippen LogP contribution in [0.15, 0.2) is 14.4 Å². The smallest absolute Gasteiger partial charge is 0.311 e. The Kier molecular flexibility index (Phi) is 12.8. The zero-order valence-corrected chi connectivity index (χ0v) is 18.6. The van der Waals surface area contributed by atoms with Crippen molar-refractivity contribution in [3.63, 3.8) is 0 Å². The first-order valence-corrected chi connectivity index (χ1v) is 9.12. The highest BCUT2D eigenvalue weighted by atomic mass is 16.7. The van der Waals surface area contributed by atoms with Crippen LogP contribution < -0.4 is 32.8 Å². The maximum Gasteiger partial charge on any atom is 0.383 e. The van der Waals surface area contributed by atoms with Crippen molar-refractivity contribution in [2.75, 3.05) is 0 Å². The first-order chi connectivity index (χ1) is 18.1. The van der Waals surface area contributed by atoms with Crippen molar-refractivity contribution in [3.8, 4) is 144 Å². The summed E-state index contributed by atoms with van der Waals surface area (Å²) in [5, 5.41) is 0. The van der Waals surface area contributed by atoms with Gasteiger partial charge in [0.1, 0.15) is 0 Å². The van der Waals surface area contributed by atoms with E-state index in [1.165, 1.54) is 0 Å². The molecule has 0 radical (unpaired) electrons. The molecule has 0 unspecified atom stereocenters. The molecule has 0 spiro atoms. The van der Waals surface area contributed by atoms with E-state index >= 15 is 0 Å². The summed E-state index contributed by atoms with van der Waals surface area (Å²) in [5.41, 5.74) is 0.978. The van der Waals surface area contributed by atoms with Gasteiger partial charge < -0.3 is 4.84 Å². The highest BCUT2D eigenvalue weighted by molar-refractivity contribution is 5.40. The van der Waals surface area contributed by atoms with Crippen molar-refractivity contribution < 1.29 is 4.84 Å².